The van der Waals surface area contributed by atoms with Crippen LogP contribution in [-0.2, 0) is 0 Å². The van der Waals surface area contributed by atoms with Gasteiger partial charge in [-0.25, -0.2) is 9.37 Å². The van der Waals surface area contributed by atoms with Gasteiger partial charge in [0.2, 0.25) is 5.82 Å². The van der Waals surface area contributed by atoms with Crippen LogP contribution in [0.5, 0.6) is 0 Å². The van der Waals surface area contributed by atoms with E-state index in [0.717, 1.165) is 6.07 Å². The van der Waals surface area contributed by atoms with Gasteiger partial charge in [-0.2, -0.15) is 13.2 Å². The lowest BCUT2D eigenvalue weighted by Gasteiger charge is -2.30. The number of hydrogen-bond donors (Lipinski definition) is 2. The maximum Gasteiger partial charge on any atom is 0.391 e. The van der Waals surface area contributed by atoms with Gasteiger partial charge in [-0.1, -0.05) is 0 Å². The van der Waals surface area contributed by atoms with E-state index in [0.29, 0.717) is 6.54 Å². The van der Waals surface area contributed by atoms with Gasteiger partial charge in [0.25, 0.3) is 5.91 Å². The van der Waals surface area contributed by atoms with Crippen LogP contribution in [0.15, 0.2) is 6.07 Å². The molecular weight excluding hydrogens is 410 g/mol. The monoisotopic (exact) mass is 433 g/mol. The molecule has 3 rings (SSSR count). The minimum absolute atomic E-state index is 0.00490. The molecule has 0 unspecified atom stereocenters. The van der Waals surface area contributed by atoms with Crippen LogP contribution in [0.25, 0.3) is 0 Å². The maximum absolute atomic E-state index is 13.7. The first kappa shape index (κ1) is 22.0. The van der Waals surface area contributed by atoms with Crippen LogP contribution in [0, 0.1) is 16.0 Å². The molecule has 1 aromatic heterocycles. The number of hydrogen-bond acceptors (Lipinski definition) is 6. The van der Waals surface area contributed by atoms with Crippen molar-refractivity contribution in [3.63, 3.8) is 0 Å². The van der Waals surface area contributed by atoms with Gasteiger partial charge in [0.05, 0.1) is 22.9 Å². The van der Waals surface area contributed by atoms with Gasteiger partial charge in [-0.15, -0.1) is 0 Å². The van der Waals surface area contributed by atoms with Gasteiger partial charge in [0, 0.05) is 25.7 Å². The van der Waals surface area contributed by atoms with Crippen molar-refractivity contribution in [1.82, 2.24) is 10.3 Å². The highest BCUT2D eigenvalue weighted by molar-refractivity contribution is 6.00. The van der Waals surface area contributed by atoms with E-state index in [-0.39, 0.29) is 55.8 Å². The molecule has 8 nitrogen and oxygen atoms in total. The van der Waals surface area contributed by atoms with Crippen LogP contribution in [0.2, 0.25) is 0 Å². The molecule has 0 aromatic carbocycles. The Kier molecular flexibility index (Phi) is 6.32. The van der Waals surface area contributed by atoms with Crippen LogP contribution in [0.1, 0.15) is 42.5 Å². The van der Waals surface area contributed by atoms with E-state index in [9.17, 15) is 32.5 Å². The molecule has 0 spiro atoms. The lowest BCUT2D eigenvalue weighted by Crippen LogP contribution is -2.40. The third-order valence-electron chi connectivity index (χ3n) is 5.62. The summed E-state index contributed by atoms with van der Waals surface area (Å²) < 4.78 is 52.2. The topological polar surface area (TPSA) is 100 Å². The van der Waals surface area contributed by atoms with Crippen molar-refractivity contribution in [2.45, 2.75) is 50.5 Å². The number of carbonyl (C=O) groups is 1. The van der Waals surface area contributed by atoms with Crippen molar-refractivity contribution in [3.05, 3.63) is 21.7 Å². The Morgan fingerprint density at radius 2 is 1.93 bits per heavy atom. The van der Waals surface area contributed by atoms with E-state index in [2.05, 4.69) is 15.6 Å². The molecule has 166 valence electrons. The van der Waals surface area contributed by atoms with Crippen molar-refractivity contribution >= 4 is 23.2 Å². The van der Waals surface area contributed by atoms with E-state index in [4.69, 9.17) is 0 Å². The minimum Gasteiger partial charge on any atom is -0.367 e. The highest BCUT2D eigenvalue weighted by atomic mass is 19.4. The Bertz CT molecular complexity index is 812. The van der Waals surface area contributed by atoms with Crippen molar-refractivity contribution in [2.24, 2.45) is 5.92 Å². The fourth-order valence-electron chi connectivity index (χ4n) is 3.96. The van der Waals surface area contributed by atoms with E-state index in [1.165, 1.54) is 7.05 Å². The van der Waals surface area contributed by atoms with Gasteiger partial charge >= 0.3 is 11.9 Å². The zero-order valence-electron chi connectivity index (χ0n) is 16.3. The Hall–Kier alpha value is -2.66. The summed E-state index contributed by atoms with van der Waals surface area (Å²) in [6.45, 7) is 0.303. The number of nitrogens with zero attached hydrogens (tertiary/aromatic N) is 3. The van der Waals surface area contributed by atoms with Crippen molar-refractivity contribution in [2.75, 3.05) is 30.4 Å². The number of rotatable bonds is 5. The molecule has 2 heterocycles. The third-order valence-corrected chi connectivity index (χ3v) is 5.62. The predicted octanol–water partition coefficient (Wildman–Crippen LogP) is 3.43. The summed E-state index contributed by atoms with van der Waals surface area (Å²) in [7, 11) is 1.44. The Labute approximate surface area is 170 Å². The van der Waals surface area contributed by atoms with Crippen molar-refractivity contribution in [1.29, 1.82) is 0 Å². The molecule has 0 bridgehead atoms. The summed E-state index contributed by atoms with van der Waals surface area (Å²) in [6.07, 6.45) is -4.97. The average molecular weight is 433 g/mol. The first-order chi connectivity index (χ1) is 14.1. The first-order valence-corrected chi connectivity index (χ1v) is 9.74. The molecule has 1 aromatic rings. The Balaban J connectivity index is 1.83. The standard InChI is InChI=1S/C18H23F4N5O3/c1-23-15-14(27(29)30)8-13(16(25-15)26-7-6-11(19)9-26)17(28)24-12-4-2-10(3-5-12)18(20,21)22/h8,10-12H,2-7,9H2,1H3,(H,23,25)(H,24,28)/t10?,11-,12?/m1/s1. The Morgan fingerprint density at radius 3 is 2.43 bits per heavy atom. The molecular formula is C18H23F4N5O3. The van der Waals surface area contributed by atoms with Gasteiger partial charge in [-0.3, -0.25) is 14.9 Å². The van der Waals surface area contributed by atoms with Crippen molar-refractivity contribution < 1.29 is 27.3 Å². The van der Waals surface area contributed by atoms with Crippen LogP contribution in [0.4, 0.5) is 34.9 Å². The highest BCUT2D eigenvalue weighted by Gasteiger charge is 2.41. The van der Waals surface area contributed by atoms with Gasteiger partial charge in [0.15, 0.2) is 0 Å². The molecule has 1 saturated carbocycles. The molecule has 1 amide bonds. The number of nitro groups is 1. The van der Waals surface area contributed by atoms with Crippen LogP contribution < -0.4 is 15.5 Å². The SMILES string of the molecule is CNc1nc(N2CC[C@@H](F)C2)c(C(=O)NC2CCC(C(F)(F)F)CC2)cc1[N+](=O)[O-]. The summed E-state index contributed by atoms with van der Waals surface area (Å²) in [5.41, 5.74) is -0.504. The number of aromatic nitrogens is 1. The zero-order valence-corrected chi connectivity index (χ0v) is 16.3. The largest absolute Gasteiger partial charge is 0.391 e. The fourth-order valence-corrected chi connectivity index (χ4v) is 3.96. The maximum atomic E-state index is 13.7. The lowest BCUT2D eigenvalue weighted by atomic mass is 9.85. The smallest absolute Gasteiger partial charge is 0.367 e. The van der Waals surface area contributed by atoms with Crippen LogP contribution >= 0.6 is 0 Å². The number of amides is 1. The number of halogens is 4. The van der Waals surface area contributed by atoms with Gasteiger partial charge in [0.1, 0.15) is 12.0 Å². The van der Waals surface area contributed by atoms with Gasteiger partial charge in [-0.05, 0) is 32.1 Å². The molecule has 1 atom stereocenters. The molecule has 1 aliphatic carbocycles. The second kappa shape index (κ2) is 8.60. The molecule has 2 fully saturated rings. The van der Waals surface area contributed by atoms with Crippen molar-refractivity contribution in [3.8, 4) is 0 Å². The number of pyridine rings is 1. The molecule has 2 aliphatic rings. The zero-order chi connectivity index (χ0) is 22.1. The van der Waals surface area contributed by atoms with E-state index in [1.807, 2.05) is 0 Å². The molecule has 30 heavy (non-hydrogen) atoms. The number of alkyl halides is 4. The summed E-state index contributed by atoms with van der Waals surface area (Å²) in [4.78, 5) is 29.3. The number of carbonyl (C=O) groups excluding carboxylic acids is 1. The second-order valence-electron chi connectivity index (χ2n) is 7.63. The second-order valence-corrected chi connectivity index (χ2v) is 7.63. The molecule has 12 heteroatoms. The first-order valence-electron chi connectivity index (χ1n) is 9.74. The summed E-state index contributed by atoms with van der Waals surface area (Å²) in [5.74, 6) is -1.99. The Morgan fingerprint density at radius 1 is 1.27 bits per heavy atom. The quantitative estimate of drug-likeness (QED) is 0.419. The lowest BCUT2D eigenvalue weighted by molar-refractivity contribution is -0.384. The van der Waals surface area contributed by atoms with E-state index < -0.39 is 40.8 Å². The third kappa shape index (κ3) is 4.73. The highest BCUT2D eigenvalue weighted by Crippen LogP contribution is 2.38. The normalized spacial score (nSPS) is 24.6. The van der Waals surface area contributed by atoms with E-state index in [1.54, 1.807) is 4.90 Å². The number of anilines is 2. The molecule has 0 radical (unpaired) electrons. The summed E-state index contributed by atoms with van der Waals surface area (Å²) >= 11 is 0. The van der Waals surface area contributed by atoms with Crippen LogP contribution in [-0.4, -0.2) is 54.3 Å². The van der Waals surface area contributed by atoms with Gasteiger partial charge < -0.3 is 15.5 Å². The molecule has 1 aliphatic heterocycles. The summed E-state index contributed by atoms with van der Waals surface area (Å²) in [5, 5.41) is 16.7. The summed E-state index contributed by atoms with van der Waals surface area (Å²) in [6, 6.07) is 0.607. The number of nitrogens with one attached hydrogen (secondary N) is 2. The van der Waals surface area contributed by atoms with Crippen LogP contribution in [0.3, 0.4) is 0 Å². The molecule has 1 saturated heterocycles. The minimum atomic E-state index is -4.26. The fraction of sp³-hybridized carbons (Fsp3) is 0.667. The average Bonchev–Trinajstić information content (AvgIpc) is 3.12. The molecule has 2 N–H and O–H groups in total. The van der Waals surface area contributed by atoms with E-state index >= 15 is 0 Å². The predicted molar refractivity (Wildman–Crippen MR) is 101 cm³/mol.